The molecule has 0 spiro atoms. The molecule has 2 unspecified atom stereocenters. The Morgan fingerprint density at radius 2 is 2.07 bits per heavy atom. The smallest absolute Gasteiger partial charge is 0.00239 e. The van der Waals surface area contributed by atoms with E-state index in [0.717, 1.165) is 25.6 Å². The zero-order valence-corrected chi connectivity index (χ0v) is 8.66. The fourth-order valence-electron chi connectivity index (χ4n) is 2.30. The molecule has 0 radical (unpaired) electrons. The van der Waals surface area contributed by atoms with Crippen LogP contribution in [0.25, 0.3) is 0 Å². The highest BCUT2D eigenvalue weighted by Crippen LogP contribution is 2.27. The van der Waals surface area contributed by atoms with Crippen molar-refractivity contribution in [2.24, 2.45) is 5.92 Å². The molecule has 0 amide bonds. The highest BCUT2D eigenvalue weighted by molar-refractivity contribution is 5.22. The molecule has 1 aliphatic rings. The van der Waals surface area contributed by atoms with Crippen LogP contribution >= 0.6 is 0 Å². The van der Waals surface area contributed by atoms with Crippen LogP contribution in [0.4, 0.5) is 0 Å². The first-order valence-corrected chi connectivity index (χ1v) is 5.32. The van der Waals surface area contributed by atoms with Gasteiger partial charge in [-0.1, -0.05) is 30.3 Å². The molecule has 2 nitrogen and oxygen atoms in total. The summed E-state index contributed by atoms with van der Waals surface area (Å²) in [7, 11) is 2.03. The molecular weight excluding hydrogens is 172 g/mol. The van der Waals surface area contributed by atoms with Crippen molar-refractivity contribution in [1.29, 1.82) is 0 Å². The van der Waals surface area contributed by atoms with E-state index in [9.17, 15) is 0 Å². The normalized spacial score (nSPS) is 26.6. The maximum atomic E-state index is 3.47. The minimum atomic E-state index is 0.684. The number of benzene rings is 1. The van der Waals surface area contributed by atoms with Gasteiger partial charge in [-0.3, -0.25) is 0 Å². The summed E-state index contributed by atoms with van der Waals surface area (Å²) >= 11 is 0. The summed E-state index contributed by atoms with van der Waals surface area (Å²) < 4.78 is 0. The van der Waals surface area contributed by atoms with E-state index in [2.05, 4.69) is 41.0 Å². The lowest BCUT2D eigenvalue weighted by molar-refractivity contribution is 0.492. The second kappa shape index (κ2) is 4.58. The van der Waals surface area contributed by atoms with Crippen LogP contribution in [-0.4, -0.2) is 26.7 Å². The van der Waals surface area contributed by atoms with Crippen LogP contribution < -0.4 is 10.6 Å². The number of hydrogen-bond acceptors (Lipinski definition) is 2. The van der Waals surface area contributed by atoms with E-state index in [4.69, 9.17) is 0 Å². The molecule has 0 saturated carbocycles. The molecule has 2 atom stereocenters. The molecule has 1 aromatic rings. The fraction of sp³-hybridized carbons (Fsp3) is 0.500. The molecule has 2 heteroatoms. The third kappa shape index (κ3) is 1.97. The van der Waals surface area contributed by atoms with Gasteiger partial charge in [0, 0.05) is 12.5 Å². The van der Waals surface area contributed by atoms with E-state index >= 15 is 0 Å². The minimum Gasteiger partial charge on any atom is -0.319 e. The van der Waals surface area contributed by atoms with Gasteiger partial charge in [-0.15, -0.1) is 0 Å². The standard InChI is InChI=1S/C12H18N2/c1-13-7-11-8-14-9-12(11)10-5-3-2-4-6-10/h2-6,11-14H,7-9H2,1H3. The average molecular weight is 190 g/mol. The lowest BCUT2D eigenvalue weighted by Crippen LogP contribution is -2.24. The predicted octanol–water partition coefficient (Wildman–Crippen LogP) is 1.21. The Bertz CT molecular complexity index is 271. The van der Waals surface area contributed by atoms with E-state index in [1.165, 1.54) is 5.56 Å². The molecular formula is C12H18N2. The summed E-state index contributed by atoms with van der Waals surface area (Å²) in [4.78, 5) is 0. The highest BCUT2D eigenvalue weighted by atomic mass is 14.9. The summed E-state index contributed by atoms with van der Waals surface area (Å²) in [6.45, 7) is 3.36. The average Bonchev–Trinajstić information content (AvgIpc) is 2.68. The number of rotatable bonds is 3. The molecule has 1 heterocycles. The Kier molecular flexibility index (Phi) is 3.17. The molecule has 0 aliphatic carbocycles. The van der Waals surface area contributed by atoms with Crippen molar-refractivity contribution in [3.8, 4) is 0 Å². The number of nitrogens with one attached hydrogen (secondary N) is 2. The SMILES string of the molecule is CNCC1CNCC1c1ccccc1. The Hall–Kier alpha value is -0.860. The topological polar surface area (TPSA) is 24.1 Å². The van der Waals surface area contributed by atoms with Crippen LogP contribution in [0.1, 0.15) is 11.5 Å². The van der Waals surface area contributed by atoms with Gasteiger partial charge in [0.25, 0.3) is 0 Å². The first-order chi connectivity index (χ1) is 6.92. The van der Waals surface area contributed by atoms with Gasteiger partial charge in [0.1, 0.15) is 0 Å². The molecule has 1 fully saturated rings. The van der Waals surface area contributed by atoms with Gasteiger partial charge < -0.3 is 10.6 Å². The summed E-state index contributed by atoms with van der Waals surface area (Å²) in [5.74, 6) is 1.42. The van der Waals surface area contributed by atoms with Crippen LogP contribution in [0.3, 0.4) is 0 Å². The van der Waals surface area contributed by atoms with Gasteiger partial charge in [-0.05, 0) is 31.6 Å². The van der Waals surface area contributed by atoms with Gasteiger partial charge >= 0.3 is 0 Å². The number of hydrogen-bond donors (Lipinski definition) is 2. The molecule has 0 aromatic heterocycles. The molecule has 0 bridgehead atoms. The van der Waals surface area contributed by atoms with Crippen LogP contribution in [0.2, 0.25) is 0 Å². The van der Waals surface area contributed by atoms with Crippen LogP contribution in [0, 0.1) is 5.92 Å². The van der Waals surface area contributed by atoms with Crippen LogP contribution in [0.5, 0.6) is 0 Å². The monoisotopic (exact) mass is 190 g/mol. The minimum absolute atomic E-state index is 0.684. The maximum absolute atomic E-state index is 3.47. The molecule has 14 heavy (non-hydrogen) atoms. The summed E-state index contributed by atoms with van der Waals surface area (Å²) in [5.41, 5.74) is 1.47. The second-order valence-electron chi connectivity index (χ2n) is 3.99. The van der Waals surface area contributed by atoms with Crippen molar-refractivity contribution in [3.63, 3.8) is 0 Å². The van der Waals surface area contributed by atoms with Gasteiger partial charge in [0.15, 0.2) is 0 Å². The van der Waals surface area contributed by atoms with E-state index in [1.54, 1.807) is 0 Å². The molecule has 1 saturated heterocycles. The third-order valence-corrected chi connectivity index (χ3v) is 3.03. The second-order valence-corrected chi connectivity index (χ2v) is 3.99. The third-order valence-electron chi connectivity index (χ3n) is 3.03. The first-order valence-electron chi connectivity index (χ1n) is 5.32. The first kappa shape index (κ1) is 9.69. The summed E-state index contributed by atoms with van der Waals surface area (Å²) in [5, 5.41) is 6.74. The van der Waals surface area contributed by atoms with E-state index in [-0.39, 0.29) is 0 Å². The zero-order valence-electron chi connectivity index (χ0n) is 8.66. The predicted molar refractivity (Wildman–Crippen MR) is 59.5 cm³/mol. The van der Waals surface area contributed by atoms with Crippen molar-refractivity contribution < 1.29 is 0 Å². The quantitative estimate of drug-likeness (QED) is 0.748. The summed E-state index contributed by atoms with van der Waals surface area (Å²) in [6, 6.07) is 10.8. The van der Waals surface area contributed by atoms with Gasteiger partial charge in [-0.2, -0.15) is 0 Å². The van der Waals surface area contributed by atoms with E-state index in [0.29, 0.717) is 5.92 Å². The fourth-order valence-corrected chi connectivity index (χ4v) is 2.30. The van der Waals surface area contributed by atoms with Crippen molar-refractivity contribution in [1.82, 2.24) is 10.6 Å². The van der Waals surface area contributed by atoms with Crippen molar-refractivity contribution in [2.45, 2.75) is 5.92 Å². The Morgan fingerprint density at radius 1 is 1.29 bits per heavy atom. The lowest BCUT2D eigenvalue weighted by atomic mass is 9.89. The lowest BCUT2D eigenvalue weighted by Gasteiger charge is -2.18. The molecule has 1 aliphatic heterocycles. The highest BCUT2D eigenvalue weighted by Gasteiger charge is 2.27. The van der Waals surface area contributed by atoms with Crippen molar-refractivity contribution in [2.75, 3.05) is 26.7 Å². The van der Waals surface area contributed by atoms with Crippen molar-refractivity contribution >= 4 is 0 Å². The molecule has 1 aromatic carbocycles. The van der Waals surface area contributed by atoms with Crippen molar-refractivity contribution in [3.05, 3.63) is 35.9 Å². The molecule has 2 N–H and O–H groups in total. The zero-order chi connectivity index (χ0) is 9.80. The maximum Gasteiger partial charge on any atom is 0.00239 e. The molecule has 2 rings (SSSR count). The van der Waals surface area contributed by atoms with Gasteiger partial charge in [0.2, 0.25) is 0 Å². The van der Waals surface area contributed by atoms with Crippen LogP contribution in [0.15, 0.2) is 30.3 Å². The largest absolute Gasteiger partial charge is 0.319 e. The van der Waals surface area contributed by atoms with E-state index in [1.807, 2.05) is 7.05 Å². The Morgan fingerprint density at radius 3 is 2.79 bits per heavy atom. The Labute approximate surface area is 85.7 Å². The van der Waals surface area contributed by atoms with Gasteiger partial charge in [0.05, 0.1) is 0 Å². The molecule has 76 valence electrons. The van der Waals surface area contributed by atoms with E-state index < -0.39 is 0 Å². The van der Waals surface area contributed by atoms with Crippen LogP contribution in [-0.2, 0) is 0 Å². The van der Waals surface area contributed by atoms with Gasteiger partial charge in [-0.25, -0.2) is 0 Å². The Balaban J connectivity index is 2.10. The summed E-state index contributed by atoms with van der Waals surface area (Å²) in [6.07, 6.45) is 0.